The maximum Gasteiger partial charge on any atom is 0.313 e. The van der Waals surface area contributed by atoms with Crippen molar-refractivity contribution in [1.29, 1.82) is 0 Å². The van der Waals surface area contributed by atoms with Crippen LogP contribution in [-0.4, -0.2) is 69.9 Å². The third kappa shape index (κ3) is 5.67. The summed E-state index contributed by atoms with van der Waals surface area (Å²) in [4.78, 5) is 39.3. The Bertz CT molecular complexity index is 1310. The van der Waals surface area contributed by atoms with Crippen LogP contribution >= 0.6 is 0 Å². The third-order valence-corrected chi connectivity index (χ3v) is 7.54. The molecule has 37 heavy (non-hydrogen) atoms. The number of hydrogen-bond acceptors (Lipinski definition) is 6. The van der Waals surface area contributed by atoms with Crippen LogP contribution in [0.3, 0.4) is 0 Å². The molecule has 2 saturated heterocycles. The molecule has 0 radical (unpaired) electrons. The van der Waals surface area contributed by atoms with Crippen LogP contribution in [0, 0.1) is 5.92 Å². The molecule has 2 aliphatic rings. The van der Waals surface area contributed by atoms with Crippen LogP contribution in [0.4, 0.5) is 11.4 Å². The predicted octanol–water partition coefficient (Wildman–Crippen LogP) is 3.37. The van der Waals surface area contributed by atoms with Crippen molar-refractivity contribution < 1.29 is 9.59 Å². The van der Waals surface area contributed by atoms with E-state index in [-0.39, 0.29) is 6.04 Å². The lowest BCUT2D eigenvalue weighted by molar-refractivity contribution is -0.146. The lowest BCUT2D eigenvalue weighted by atomic mass is 9.89. The predicted molar refractivity (Wildman–Crippen MR) is 146 cm³/mol. The normalized spacial score (nSPS) is 21.5. The number of rotatable bonds is 4. The van der Waals surface area contributed by atoms with Gasteiger partial charge in [-0.2, -0.15) is 0 Å². The Morgan fingerprint density at radius 1 is 1.11 bits per heavy atom. The fraction of sp³-hybridized carbons (Fsp3) is 0.429. The minimum absolute atomic E-state index is 0.202. The fourth-order valence-electron chi connectivity index (χ4n) is 5.27. The smallest absolute Gasteiger partial charge is 0.313 e. The van der Waals surface area contributed by atoms with E-state index < -0.39 is 11.8 Å². The van der Waals surface area contributed by atoms with Gasteiger partial charge in [-0.15, -0.1) is 0 Å². The van der Waals surface area contributed by atoms with Gasteiger partial charge in [0.2, 0.25) is 0 Å². The molecule has 9 heteroatoms. The molecule has 2 amide bonds. The number of piperidine rings is 2. The lowest BCUT2D eigenvalue weighted by Crippen LogP contribution is -2.46. The minimum Gasteiger partial charge on any atom is -0.398 e. The molecule has 194 valence electrons. The van der Waals surface area contributed by atoms with Crippen molar-refractivity contribution in [1.82, 2.24) is 19.2 Å². The van der Waals surface area contributed by atoms with Gasteiger partial charge < -0.3 is 25.3 Å². The second kappa shape index (κ2) is 10.7. The number of amides is 2. The summed E-state index contributed by atoms with van der Waals surface area (Å²) >= 11 is 0. The number of carbonyl (C=O) groups excluding carboxylic acids is 2. The van der Waals surface area contributed by atoms with Gasteiger partial charge in [0.15, 0.2) is 0 Å². The van der Waals surface area contributed by atoms with Crippen molar-refractivity contribution in [3.63, 3.8) is 0 Å². The molecule has 2 aromatic heterocycles. The van der Waals surface area contributed by atoms with Gasteiger partial charge in [0.05, 0.1) is 12.1 Å². The number of nitrogens with one attached hydrogen (secondary N) is 1. The van der Waals surface area contributed by atoms with Crippen molar-refractivity contribution >= 4 is 35.1 Å². The summed E-state index contributed by atoms with van der Waals surface area (Å²) in [6.07, 6.45) is 11.1. The summed E-state index contributed by atoms with van der Waals surface area (Å²) in [6.45, 7) is 4.75. The Morgan fingerprint density at radius 2 is 1.92 bits per heavy atom. The van der Waals surface area contributed by atoms with Gasteiger partial charge in [-0.25, -0.2) is 4.98 Å². The van der Waals surface area contributed by atoms with Gasteiger partial charge in [0.25, 0.3) is 0 Å². The summed E-state index contributed by atoms with van der Waals surface area (Å²) in [7, 11) is 2.14. The van der Waals surface area contributed by atoms with Crippen LogP contribution in [0.2, 0.25) is 0 Å². The molecular formula is C28H35N7O2. The largest absolute Gasteiger partial charge is 0.398 e. The summed E-state index contributed by atoms with van der Waals surface area (Å²) < 4.78 is 1.84. The average Bonchev–Trinajstić information content (AvgIpc) is 3.36. The van der Waals surface area contributed by atoms with E-state index in [1.807, 2.05) is 35.0 Å². The highest BCUT2D eigenvalue weighted by molar-refractivity contribution is 6.39. The molecular weight excluding hydrogens is 466 g/mol. The number of benzene rings is 1. The molecule has 0 bridgehead atoms. The van der Waals surface area contributed by atoms with Crippen molar-refractivity contribution in [2.24, 2.45) is 10.9 Å². The van der Waals surface area contributed by atoms with Crippen LogP contribution in [0.1, 0.15) is 49.8 Å². The summed E-state index contributed by atoms with van der Waals surface area (Å²) in [6, 6.07) is 9.54. The number of nitrogen functional groups attached to an aromatic ring is 1. The molecule has 4 heterocycles. The van der Waals surface area contributed by atoms with E-state index in [0.717, 1.165) is 49.9 Å². The molecule has 1 aromatic carbocycles. The highest BCUT2D eigenvalue weighted by Gasteiger charge is 2.34. The number of nitrogens with zero attached hydrogens (tertiary/aromatic N) is 5. The summed E-state index contributed by atoms with van der Waals surface area (Å²) in [5, 5.41) is 2.75. The van der Waals surface area contributed by atoms with Crippen LogP contribution in [0.5, 0.6) is 0 Å². The summed E-state index contributed by atoms with van der Waals surface area (Å²) in [5.74, 6) is -0.872. The van der Waals surface area contributed by atoms with E-state index in [9.17, 15) is 9.59 Å². The van der Waals surface area contributed by atoms with E-state index in [1.165, 1.54) is 0 Å². The Balaban J connectivity index is 1.30. The number of likely N-dealkylation sites (tertiary alicyclic amines) is 2. The maximum absolute atomic E-state index is 13.3. The monoisotopic (exact) mass is 501 g/mol. The molecule has 2 aliphatic heterocycles. The summed E-state index contributed by atoms with van der Waals surface area (Å²) in [5.41, 5.74) is 10.1. The first-order chi connectivity index (χ1) is 17.9. The van der Waals surface area contributed by atoms with Gasteiger partial charge in [0.1, 0.15) is 5.65 Å². The SMILES string of the molecule is C[C@H]1CC[C@H](c2ccc(C=NC3CCN(C)CC3)c(N)c2)N(C(=O)C(=O)Nc2ccn3ccnc3c2)C1. The van der Waals surface area contributed by atoms with Gasteiger partial charge in [-0.1, -0.05) is 19.1 Å². The molecule has 0 aliphatic carbocycles. The molecule has 3 N–H and O–H groups in total. The van der Waals surface area contributed by atoms with Gasteiger partial charge in [-0.3, -0.25) is 14.6 Å². The first-order valence-corrected chi connectivity index (χ1v) is 13.0. The van der Waals surface area contributed by atoms with Crippen molar-refractivity contribution in [2.45, 2.75) is 44.7 Å². The average molecular weight is 502 g/mol. The molecule has 5 rings (SSSR count). The molecule has 2 fully saturated rings. The van der Waals surface area contributed by atoms with Crippen molar-refractivity contribution in [2.75, 3.05) is 37.7 Å². The van der Waals surface area contributed by atoms with E-state index in [0.29, 0.717) is 35.5 Å². The zero-order valence-corrected chi connectivity index (χ0v) is 21.5. The number of hydrogen-bond donors (Lipinski definition) is 2. The Kier molecular flexibility index (Phi) is 7.23. The first-order valence-electron chi connectivity index (χ1n) is 13.0. The second-order valence-electron chi connectivity index (χ2n) is 10.4. The number of pyridine rings is 1. The molecule has 9 nitrogen and oxygen atoms in total. The zero-order chi connectivity index (χ0) is 25.9. The topological polar surface area (TPSA) is 108 Å². The van der Waals surface area contributed by atoms with Crippen LogP contribution in [0.25, 0.3) is 5.65 Å². The van der Waals surface area contributed by atoms with Crippen LogP contribution in [-0.2, 0) is 9.59 Å². The van der Waals surface area contributed by atoms with Crippen LogP contribution < -0.4 is 11.1 Å². The van der Waals surface area contributed by atoms with Gasteiger partial charge in [-0.05, 0) is 69.4 Å². The van der Waals surface area contributed by atoms with Gasteiger partial charge in [0, 0.05) is 54.4 Å². The number of nitrogens with two attached hydrogens (primary N) is 1. The Labute approximate surface area is 217 Å². The Morgan fingerprint density at radius 3 is 2.70 bits per heavy atom. The van der Waals surface area contributed by atoms with E-state index in [1.54, 1.807) is 29.4 Å². The number of carbonyl (C=O) groups is 2. The Hall–Kier alpha value is -3.72. The quantitative estimate of drug-likeness (QED) is 0.324. The van der Waals surface area contributed by atoms with E-state index >= 15 is 0 Å². The number of imidazole rings is 1. The number of fused-ring (bicyclic) bond motifs is 1. The number of anilines is 2. The molecule has 0 spiro atoms. The lowest BCUT2D eigenvalue weighted by Gasteiger charge is -2.38. The van der Waals surface area contributed by atoms with Crippen molar-refractivity contribution in [3.05, 3.63) is 60.0 Å². The van der Waals surface area contributed by atoms with E-state index in [4.69, 9.17) is 10.7 Å². The molecule has 0 saturated carbocycles. The standard InChI is InChI=1S/C28H35N7O2/c1-19-3-6-25(20-4-5-21(24(29)15-20)17-31-22-7-11-33(2)12-8-22)35(18-19)28(37)27(36)32-23-9-13-34-14-10-30-26(34)16-23/h4-5,9-10,13-17,19,22,25H,3,6-8,11-12,18,29H2,1-2H3,(H,32,36)/t19-,25+/m0/s1. The third-order valence-electron chi connectivity index (χ3n) is 7.54. The van der Waals surface area contributed by atoms with Crippen molar-refractivity contribution in [3.8, 4) is 0 Å². The number of aliphatic imine (C=N–C) groups is 1. The number of aromatic nitrogens is 2. The van der Waals surface area contributed by atoms with Gasteiger partial charge >= 0.3 is 11.8 Å². The highest BCUT2D eigenvalue weighted by Crippen LogP contribution is 2.34. The first kappa shape index (κ1) is 25.0. The molecule has 3 aromatic rings. The maximum atomic E-state index is 13.3. The molecule has 0 unspecified atom stereocenters. The molecule has 2 atom stereocenters. The van der Waals surface area contributed by atoms with Crippen LogP contribution in [0.15, 0.2) is 53.9 Å². The van der Waals surface area contributed by atoms with E-state index in [2.05, 4.69) is 29.2 Å². The fourth-order valence-corrected chi connectivity index (χ4v) is 5.27. The second-order valence-corrected chi connectivity index (χ2v) is 10.4. The highest BCUT2D eigenvalue weighted by atomic mass is 16.2. The zero-order valence-electron chi connectivity index (χ0n) is 21.5. The minimum atomic E-state index is -0.648.